The molecule has 1 heterocycles. The van der Waals surface area contributed by atoms with Crippen LogP contribution in [0, 0.1) is 0 Å². The van der Waals surface area contributed by atoms with Crippen molar-refractivity contribution >= 4 is 17.7 Å². The molecule has 0 fully saturated rings. The Bertz CT molecular complexity index is 649. The fraction of sp³-hybridized carbons (Fsp3) is 0.350. The Morgan fingerprint density at radius 1 is 1.21 bits per heavy atom. The van der Waals surface area contributed by atoms with Gasteiger partial charge in [-0.25, -0.2) is 0 Å². The molecule has 0 spiro atoms. The van der Waals surface area contributed by atoms with Gasteiger partial charge in [-0.05, 0) is 37.0 Å². The first-order valence-electron chi connectivity index (χ1n) is 8.43. The zero-order valence-corrected chi connectivity index (χ0v) is 14.7. The van der Waals surface area contributed by atoms with Crippen LogP contribution >= 0.6 is 11.8 Å². The number of fused-ring (bicyclic) bond motifs is 1. The van der Waals surface area contributed by atoms with Gasteiger partial charge in [-0.3, -0.25) is 4.79 Å². The molecule has 24 heavy (non-hydrogen) atoms. The predicted molar refractivity (Wildman–Crippen MR) is 98.2 cm³/mol. The summed E-state index contributed by atoms with van der Waals surface area (Å²) in [5.74, 6) is 0.132. The average molecular weight is 341 g/mol. The van der Waals surface area contributed by atoms with E-state index in [1.807, 2.05) is 30.3 Å². The molecule has 0 aliphatic carbocycles. The lowest BCUT2D eigenvalue weighted by molar-refractivity contribution is -0.120. The second-order valence-corrected chi connectivity index (χ2v) is 7.23. The molecule has 1 amide bonds. The number of hydrogen-bond acceptors (Lipinski definition) is 3. The molecule has 0 bridgehead atoms. The smallest absolute Gasteiger partial charge is 0.233 e. The normalized spacial score (nSPS) is 17.3. The minimum Gasteiger partial charge on any atom is -0.374 e. The van der Waals surface area contributed by atoms with Gasteiger partial charge in [0.15, 0.2) is 0 Å². The summed E-state index contributed by atoms with van der Waals surface area (Å²) in [6.45, 7) is 3.36. The van der Waals surface area contributed by atoms with Gasteiger partial charge in [-0.2, -0.15) is 0 Å². The van der Waals surface area contributed by atoms with Crippen molar-refractivity contribution in [2.75, 3.05) is 13.2 Å². The summed E-state index contributed by atoms with van der Waals surface area (Å²) in [5.41, 5.74) is 2.46. The number of carbonyl (C=O) groups is 1. The molecule has 1 aliphatic rings. The molecule has 4 heteroatoms. The molecular weight excluding hydrogens is 318 g/mol. The molecule has 1 aliphatic heterocycles. The van der Waals surface area contributed by atoms with Gasteiger partial charge in [0.2, 0.25) is 5.91 Å². The van der Waals surface area contributed by atoms with Gasteiger partial charge >= 0.3 is 0 Å². The third-order valence-electron chi connectivity index (χ3n) is 4.20. The van der Waals surface area contributed by atoms with E-state index in [0.29, 0.717) is 13.2 Å². The van der Waals surface area contributed by atoms with Crippen LogP contribution in [0.2, 0.25) is 0 Å². The second kappa shape index (κ2) is 8.36. The summed E-state index contributed by atoms with van der Waals surface area (Å²) >= 11 is 1.67. The largest absolute Gasteiger partial charge is 0.374 e. The summed E-state index contributed by atoms with van der Waals surface area (Å²) in [5, 5.41) is 3.04. The van der Waals surface area contributed by atoms with E-state index >= 15 is 0 Å². The first-order chi connectivity index (χ1) is 11.7. The van der Waals surface area contributed by atoms with Crippen LogP contribution in [-0.4, -0.2) is 24.3 Å². The second-order valence-electron chi connectivity index (χ2n) is 5.99. The van der Waals surface area contributed by atoms with E-state index in [4.69, 9.17) is 4.74 Å². The van der Waals surface area contributed by atoms with E-state index in [1.54, 1.807) is 11.8 Å². The van der Waals surface area contributed by atoms with Crippen LogP contribution in [0.1, 0.15) is 30.6 Å². The molecule has 3 rings (SSSR count). The molecule has 0 saturated heterocycles. The fourth-order valence-corrected chi connectivity index (χ4v) is 4.03. The minimum absolute atomic E-state index is 0.00607. The van der Waals surface area contributed by atoms with E-state index in [9.17, 15) is 4.79 Å². The zero-order valence-electron chi connectivity index (χ0n) is 13.9. The predicted octanol–water partition coefficient (Wildman–Crippen LogP) is 3.99. The van der Waals surface area contributed by atoms with Crippen LogP contribution in [0.4, 0.5) is 0 Å². The molecule has 0 aromatic heterocycles. The first kappa shape index (κ1) is 17.1. The van der Waals surface area contributed by atoms with Crippen LogP contribution in [-0.2, 0) is 16.0 Å². The van der Waals surface area contributed by atoms with Gasteiger partial charge in [0.25, 0.3) is 0 Å². The van der Waals surface area contributed by atoms with Crippen molar-refractivity contribution in [2.24, 2.45) is 0 Å². The number of nitrogens with one attached hydrogen (secondary N) is 1. The van der Waals surface area contributed by atoms with Crippen molar-refractivity contribution in [1.82, 2.24) is 5.32 Å². The molecule has 126 valence electrons. The lowest BCUT2D eigenvalue weighted by Gasteiger charge is -2.14. The third-order valence-corrected chi connectivity index (χ3v) is 5.51. The maximum absolute atomic E-state index is 12.3. The highest BCUT2D eigenvalue weighted by Crippen LogP contribution is 2.36. The summed E-state index contributed by atoms with van der Waals surface area (Å²) in [6.07, 6.45) is 1.74. The van der Waals surface area contributed by atoms with Crippen molar-refractivity contribution in [3.63, 3.8) is 0 Å². The molecule has 3 nitrogen and oxygen atoms in total. The summed E-state index contributed by atoms with van der Waals surface area (Å²) < 4.78 is 5.83. The Kier molecular flexibility index (Phi) is 5.94. The highest BCUT2D eigenvalue weighted by atomic mass is 32.2. The Morgan fingerprint density at radius 3 is 2.75 bits per heavy atom. The summed E-state index contributed by atoms with van der Waals surface area (Å²) in [4.78, 5) is 13.5. The van der Waals surface area contributed by atoms with Gasteiger partial charge in [0.05, 0.1) is 11.4 Å². The maximum Gasteiger partial charge on any atom is 0.233 e. The maximum atomic E-state index is 12.3. The molecule has 1 N–H and O–H groups in total. The van der Waals surface area contributed by atoms with E-state index in [2.05, 4.69) is 36.5 Å². The average Bonchev–Trinajstić information content (AvgIpc) is 3.06. The molecule has 0 unspecified atom stereocenters. The molecular formula is C20H23NO2S. The Labute approximate surface area is 147 Å². The number of benzene rings is 2. The van der Waals surface area contributed by atoms with E-state index in [-0.39, 0.29) is 17.3 Å². The van der Waals surface area contributed by atoms with Gasteiger partial charge < -0.3 is 10.1 Å². The number of hydrogen-bond donors (Lipinski definition) is 1. The molecule has 2 atom stereocenters. The Balaban J connectivity index is 1.33. The Hall–Kier alpha value is -1.78. The van der Waals surface area contributed by atoms with Crippen LogP contribution < -0.4 is 5.32 Å². The number of rotatable bonds is 7. The standard InChI is InChI=1S/C20H23NO2S/c1-15(16-8-3-2-4-9-16)23-13-7-12-21-20(22)19-14-17-10-5-6-11-18(17)24-19/h2-6,8-11,15,19H,7,12-14H2,1H3,(H,21,22)/t15-,19-/m0/s1. The monoisotopic (exact) mass is 341 g/mol. The van der Waals surface area contributed by atoms with Gasteiger partial charge in [0, 0.05) is 18.0 Å². The van der Waals surface area contributed by atoms with Crippen molar-refractivity contribution in [3.05, 3.63) is 65.7 Å². The molecule has 2 aromatic rings. The van der Waals surface area contributed by atoms with E-state index in [0.717, 1.165) is 12.8 Å². The van der Waals surface area contributed by atoms with Crippen LogP contribution in [0.3, 0.4) is 0 Å². The summed E-state index contributed by atoms with van der Waals surface area (Å²) in [6, 6.07) is 18.4. The van der Waals surface area contributed by atoms with E-state index in [1.165, 1.54) is 16.0 Å². The molecule has 2 aromatic carbocycles. The SMILES string of the molecule is C[C@H](OCCCNC(=O)[C@@H]1Cc2ccccc2S1)c1ccccc1. The topological polar surface area (TPSA) is 38.3 Å². The number of thioether (sulfide) groups is 1. The van der Waals surface area contributed by atoms with Crippen molar-refractivity contribution in [1.29, 1.82) is 0 Å². The number of amides is 1. The van der Waals surface area contributed by atoms with Gasteiger partial charge in [-0.15, -0.1) is 11.8 Å². The van der Waals surface area contributed by atoms with Crippen molar-refractivity contribution in [3.8, 4) is 0 Å². The zero-order chi connectivity index (χ0) is 16.8. The molecule has 0 radical (unpaired) electrons. The minimum atomic E-state index is 0.00607. The van der Waals surface area contributed by atoms with Gasteiger partial charge in [0.1, 0.15) is 0 Å². The van der Waals surface area contributed by atoms with Gasteiger partial charge in [-0.1, -0.05) is 48.5 Å². The van der Waals surface area contributed by atoms with Crippen LogP contribution in [0.15, 0.2) is 59.5 Å². The van der Waals surface area contributed by atoms with Crippen LogP contribution in [0.5, 0.6) is 0 Å². The van der Waals surface area contributed by atoms with E-state index < -0.39 is 0 Å². The Morgan fingerprint density at radius 2 is 1.96 bits per heavy atom. The fourth-order valence-electron chi connectivity index (χ4n) is 2.81. The lowest BCUT2D eigenvalue weighted by atomic mass is 10.1. The number of carbonyl (C=O) groups excluding carboxylic acids is 1. The number of ether oxygens (including phenoxy) is 1. The van der Waals surface area contributed by atoms with Crippen molar-refractivity contribution < 1.29 is 9.53 Å². The third kappa shape index (κ3) is 4.40. The highest BCUT2D eigenvalue weighted by Gasteiger charge is 2.27. The van der Waals surface area contributed by atoms with Crippen molar-refractivity contribution in [2.45, 2.75) is 36.0 Å². The highest BCUT2D eigenvalue weighted by molar-refractivity contribution is 8.01. The summed E-state index contributed by atoms with van der Waals surface area (Å²) in [7, 11) is 0. The van der Waals surface area contributed by atoms with Crippen LogP contribution in [0.25, 0.3) is 0 Å². The lowest BCUT2D eigenvalue weighted by Crippen LogP contribution is -2.33. The quantitative estimate of drug-likeness (QED) is 0.774. The first-order valence-corrected chi connectivity index (χ1v) is 9.31. The molecule has 0 saturated carbocycles.